The standard InChI is InChI=1S/C16H22F2N2O3/c1-16(2,3)23-15(22)19-8-7-14(21)20(4)10-11-5-6-12(17)13(18)9-11/h5-6,9H,7-8,10H2,1-4H3,(H,19,22). The van der Waals surface area contributed by atoms with Gasteiger partial charge in [-0.15, -0.1) is 0 Å². The van der Waals surface area contributed by atoms with Crippen molar-refractivity contribution in [2.75, 3.05) is 13.6 Å². The molecule has 1 N–H and O–H groups in total. The second-order valence-corrected chi connectivity index (χ2v) is 6.18. The quantitative estimate of drug-likeness (QED) is 0.904. The van der Waals surface area contributed by atoms with Crippen LogP contribution >= 0.6 is 0 Å². The molecule has 0 spiro atoms. The summed E-state index contributed by atoms with van der Waals surface area (Å²) in [7, 11) is 1.55. The van der Waals surface area contributed by atoms with E-state index in [9.17, 15) is 18.4 Å². The lowest BCUT2D eigenvalue weighted by atomic mass is 10.2. The van der Waals surface area contributed by atoms with E-state index in [4.69, 9.17) is 4.74 Å². The zero-order valence-corrected chi connectivity index (χ0v) is 13.8. The monoisotopic (exact) mass is 328 g/mol. The molecule has 128 valence electrons. The van der Waals surface area contributed by atoms with Crippen LogP contribution in [0.15, 0.2) is 18.2 Å². The summed E-state index contributed by atoms with van der Waals surface area (Å²) in [5.41, 5.74) is -0.114. The van der Waals surface area contributed by atoms with Gasteiger partial charge in [0.25, 0.3) is 0 Å². The first kappa shape index (κ1) is 18.9. The summed E-state index contributed by atoms with van der Waals surface area (Å²) in [5, 5.41) is 2.49. The van der Waals surface area contributed by atoms with Gasteiger partial charge in [0.1, 0.15) is 5.60 Å². The molecule has 0 radical (unpaired) electrons. The number of alkyl carbamates (subject to hydrolysis) is 1. The second kappa shape index (κ2) is 7.89. The molecule has 0 bridgehead atoms. The van der Waals surface area contributed by atoms with Gasteiger partial charge in [0.15, 0.2) is 11.6 Å². The number of carbonyl (C=O) groups excluding carboxylic acids is 2. The minimum absolute atomic E-state index is 0.0828. The third-order valence-electron chi connectivity index (χ3n) is 2.84. The number of nitrogens with one attached hydrogen (secondary N) is 1. The van der Waals surface area contributed by atoms with Crippen LogP contribution in [0.1, 0.15) is 32.8 Å². The van der Waals surface area contributed by atoms with Crippen molar-refractivity contribution in [2.45, 2.75) is 39.3 Å². The lowest BCUT2D eigenvalue weighted by molar-refractivity contribution is -0.130. The fourth-order valence-electron chi connectivity index (χ4n) is 1.78. The summed E-state index contributed by atoms with van der Waals surface area (Å²) in [5.74, 6) is -2.11. The molecular weight excluding hydrogens is 306 g/mol. The van der Waals surface area contributed by atoms with Gasteiger partial charge in [0, 0.05) is 26.6 Å². The van der Waals surface area contributed by atoms with Crippen LogP contribution in [0.25, 0.3) is 0 Å². The molecule has 1 aromatic carbocycles. The maximum absolute atomic E-state index is 13.1. The molecule has 5 nitrogen and oxygen atoms in total. The van der Waals surface area contributed by atoms with E-state index in [0.29, 0.717) is 5.56 Å². The number of nitrogens with zero attached hydrogens (tertiary/aromatic N) is 1. The Bertz CT molecular complexity index is 571. The zero-order chi connectivity index (χ0) is 17.6. The molecule has 0 saturated heterocycles. The van der Waals surface area contributed by atoms with Crippen molar-refractivity contribution in [3.8, 4) is 0 Å². The van der Waals surface area contributed by atoms with Crippen LogP contribution in [0.3, 0.4) is 0 Å². The van der Waals surface area contributed by atoms with Crippen LogP contribution in [0, 0.1) is 11.6 Å². The SMILES string of the molecule is CN(Cc1ccc(F)c(F)c1)C(=O)CCNC(=O)OC(C)(C)C. The molecule has 7 heteroatoms. The van der Waals surface area contributed by atoms with Gasteiger partial charge in [0.05, 0.1) is 0 Å². The van der Waals surface area contributed by atoms with Gasteiger partial charge in [-0.05, 0) is 38.5 Å². The van der Waals surface area contributed by atoms with Crippen molar-refractivity contribution in [3.05, 3.63) is 35.4 Å². The first-order chi connectivity index (χ1) is 10.6. The summed E-state index contributed by atoms with van der Waals surface area (Å²) >= 11 is 0. The van der Waals surface area contributed by atoms with E-state index in [-0.39, 0.29) is 25.4 Å². The molecule has 1 aromatic rings. The Hall–Kier alpha value is -2.18. The van der Waals surface area contributed by atoms with Gasteiger partial charge in [-0.3, -0.25) is 4.79 Å². The Morgan fingerprint density at radius 2 is 1.87 bits per heavy atom. The van der Waals surface area contributed by atoms with Crippen molar-refractivity contribution >= 4 is 12.0 Å². The Balaban J connectivity index is 2.39. The van der Waals surface area contributed by atoms with E-state index in [1.807, 2.05) is 0 Å². The van der Waals surface area contributed by atoms with Gasteiger partial charge in [0.2, 0.25) is 5.91 Å². The minimum Gasteiger partial charge on any atom is -0.444 e. The van der Waals surface area contributed by atoms with Gasteiger partial charge in [-0.2, -0.15) is 0 Å². The summed E-state index contributed by atoms with van der Waals surface area (Å²) in [6.07, 6.45) is -0.507. The second-order valence-electron chi connectivity index (χ2n) is 6.18. The largest absolute Gasteiger partial charge is 0.444 e. The van der Waals surface area contributed by atoms with Crippen LogP contribution in [0.5, 0.6) is 0 Å². The number of rotatable bonds is 5. The average Bonchev–Trinajstić information content (AvgIpc) is 2.40. The minimum atomic E-state index is -0.949. The van der Waals surface area contributed by atoms with E-state index in [1.54, 1.807) is 27.8 Å². The van der Waals surface area contributed by atoms with Crippen molar-refractivity contribution in [1.29, 1.82) is 0 Å². The molecule has 0 aliphatic heterocycles. The smallest absolute Gasteiger partial charge is 0.407 e. The molecule has 23 heavy (non-hydrogen) atoms. The maximum Gasteiger partial charge on any atom is 0.407 e. The number of hydrogen-bond donors (Lipinski definition) is 1. The van der Waals surface area contributed by atoms with Crippen molar-refractivity contribution in [1.82, 2.24) is 10.2 Å². The molecule has 0 aliphatic rings. The van der Waals surface area contributed by atoms with Gasteiger partial charge < -0.3 is 15.0 Å². The highest BCUT2D eigenvalue weighted by Crippen LogP contribution is 2.11. The Kier molecular flexibility index (Phi) is 6.48. The maximum atomic E-state index is 13.1. The van der Waals surface area contributed by atoms with E-state index in [0.717, 1.165) is 12.1 Å². The van der Waals surface area contributed by atoms with Crippen LogP contribution < -0.4 is 5.32 Å². The topological polar surface area (TPSA) is 58.6 Å². The number of amides is 2. The van der Waals surface area contributed by atoms with Crippen molar-refractivity contribution in [3.63, 3.8) is 0 Å². The number of ether oxygens (including phenoxy) is 1. The molecule has 0 aliphatic carbocycles. The Morgan fingerprint density at radius 1 is 1.22 bits per heavy atom. The predicted molar refractivity (Wildman–Crippen MR) is 81.7 cm³/mol. The molecule has 0 saturated carbocycles. The molecule has 0 aromatic heterocycles. The van der Waals surface area contributed by atoms with Crippen LogP contribution in [-0.4, -0.2) is 36.1 Å². The highest BCUT2D eigenvalue weighted by Gasteiger charge is 2.16. The normalized spacial score (nSPS) is 11.0. The van der Waals surface area contributed by atoms with Gasteiger partial charge in [-0.1, -0.05) is 6.07 Å². The van der Waals surface area contributed by atoms with E-state index < -0.39 is 23.3 Å². The molecule has 0 fully saturated rings. The summed E-state index contributed by atoms with van der Waals surface area (Å²) in [6, 6.07) is 3.49. The molecular formula is C16H22F2N2O3. The summed E-state index contributed by atoms with van der Waals surface area (Å²) < 4.78 is 31.0. The van der Waals surface area contributed by atoms with E-state index in [1.165, 1.54) is 11.0 Å². The molecule has 2 amide bonds. The summed E-state index contributed by atoms with van der Waals surface area (Å²) in [6.45, 7) is 5.52. The predicted octanol–water partition coefficient (Wildman–Crippen LogP) is 2.84. The van der Waals surface area contributed by atoms with Crippen molar-refractivity contribution in [2.24, 2.45) is 0 Å². The number of carbonyl (C=O) groups is 2. The molecule has 1 rings (SSSR count). The van der Waals surface area contributed by atoms with Crippen LogP contribution in [0.4, 0.5) is 13.6 Å². The van der Waals surface area contributed by atoms with Crippen LogP contribution in [-0.2, 0) is 16.1 Å². The molecule has 0 unspecified atom stereocenters. The fourth-order valence-corrected chi connectivity index (χ4v) is 1.78. The number of benzene rings is 1. The first-order valence-electron chi connectivity index (χ1n) is 7.23. The summed E-state index contributed by atoms with van der Waals surface area (Å²) in [4.78, 5) is 24.7. The van der Waals surface area contributed by atoms with Gasteiger partial charge in [-0.25, -0.2) is 13.6 Å². The average molecular weight is 328 g/mol. The van der Waals surface area contributed by atoms with Crippen LogP contribution in [0.2, 0.25) is 0 Å². The number of hydrogen-bond acceptors (Lipinski definition) is 3. The van der Waals surface area contributed by atoms with Crippen molar-refractivity contribution < 1.29 is 23.1 Å². The third-order valence-corrected chi connectivity index (χ3v) is 2.84. The first-order valence-corrected chi connectivity index (χ1v) is 7.23. The fraction of sp³-hybridized carbons (Fsp3) is 0.500. The highest BCUT2D eigenvalue weighted by molar-refractivity contribution is 5.77. The molecule has 0 atom stereocenters. The lowest BCUT2D eigenvalue weighted by Crippen LogP contribution is -2.35. The van der Waals surface area contributed by atoms with E-state index >= 15 is 0 Å². The zero-order valence-electron chi connectivity index (χ0n) is 13.8. The van der Waals surface area contributed by atoms with Gasteiger partial charge >= 0.3 is 6.09 Å². The Labute approximate surface area is 134 Å². The number of halogens is 2. The third kappa shape index (κ3) is 7.08. The Morgan fingerprint density at radius 3 is 2.43 bits per heavy atom. The lowest BCUT2D eigenvalue weighted by Gasteiger charge is -2.20. The molecule has 0 heterocycles. The van der Waals surface area contributed by atoms with E-state index in [2.05, 4.69) is 5.32 Å². The highest BCUT2D eigenvalue weighted by atomic mass is 19.2.